The first-order chi connectivity index (χ1) is 9.15. The van der Waals surface area contributed by atoms with Crippen molar-refractivity contribution in [3.05, 3.63) is 29.3 Å². The lowest BCUT2D eigenvalue weighted by Crippen LogP contribution is -2.49. The Balaban J connectivity index is 2.05. The second-order valence-corrected chi connectivity index (χ2v) is 5.57. The molecule has 1 saturated heterocycles. The molecule has 0 saturated carbocycles. The molecule has 1 heterocycles. The molecule has 106 valence electrons. The number of nitrogens with zero attached hydrogens (tertiary/aromatic N) is 2. The van der Waals surface area contributed by atoms with Crippen LogP contribution in [0.4, 0.5) is 5.69 Å². The van der Waals surface area contributed by atoms with Crippen LogP contribution >= 0.6 is 0 Å². The summed E-state index contributed by atoms with van der Waals surface area (Å²) in [6.07, 6.45) is 1.21. The Morgan fingerprint density at radius 3 is 2.47 bits per heavy atom. The van der Waals surface area contributed by atoms with E-state index in [1.807, 2.05) is 0 Å². The third-order valence-electron chi connectivity index (χ3n) is 4.27. The largest absolute Gasteiger partial charge is 0.392 e. The molecule has 1 aromatic carbocycles. The topological polar surface area (TPSA) is 26.7 Å². The molecule has 1 N–H and O–H groups in total. The van der Waals surface area contributed by atoms with Gasteiger partial charge >= 0.3 is 0 Å². The van der Waals surface area contributed by atoms with Crippen LogP contribution in [-0.4, -0.2) is 42.2 Å². The summed E-state index contributed by atoms with van der Waals surface area (Å²) in [4.78, 5) is 4.97. The zero-order valence-corrected chi connectivity index (χ0v) is 12.4. The molecular formula is C16H26N2O. The Hall–Kier alpha value is -1.06. The number of benzene rings is 1. The predicted octanol–water partition coefficient (Wildman–Crippen LogP) is 2.41. The Morgan fingerprint density at radius 1 is 1.21 bits per heavy atom. The number of rotatable bonds is 4. The van der Waals surface area contributed by atoms with Gasteiger partial charge in [0.05, 0.1) is 6.61 Å². The Bertz CT molecular complexity index is 411. The maximum atomic E-state index is 9.51. The van der Waals surface area contributed by atoms with E-state index < -0.39 is 0 Å². The van der Waals surface area contributed by atoms with Crippen LogP contribution in [0.5, 0.6) is 0 Å². The van der Waals surface area contributed by atoms with Crippen molar-refractivity contribution in [2.75, 3.05) is 31.1 Å². The van der Waals surface area contributed by atoms with Crippen molar-refractivity contribution >= 4 is 5.69 Å². The molecule has 0 amide bonds. The molecule has 1 unspecified atom stereocenters. The molecule has 1 aromatic rings. The third kappa shape index (κ3) is 3.28. The van der Waals surface area contributed by atoms with E-state index in [-0.39, 0.29) is 6.61 Å². The molecule has 3 heteroatoms. The van der Waals surface area contributed by atoms with Gasteiger partial charge in [0.2, 0.25) is 0 Å². The fourth-order valence-electron chi connectivity index (χ4n) is 2.81. The van der Waals surface area contributed by atoms with Gasteiger partial charge in [0.25, 0.3) is 0 Å². The number of anilines is 1. The number of aryl methyl sites for hydroxylation is 1. The highest BCUT2D eigenvalue weighted by Crippen LogP contribution is 2.24. The van der Waals surface area contributed by atoms with Gasteiger partial charge in [-0.05, 0) is 26.3 Å². The molecule has 19 heavy (non-hydrogen) atoms. The monoisotopic (exact) mass is 262 g/mol. The van der Waals surface area contributed by atoms with Gasteiger partial charge in [-0.15, -0.1) is 0 Å². The minimum absolute atomic E-state index is 0.128. The number of piperazine rings is 1. The van der Waals surface area contributed by atoms with Gasteiger partial charge in [-0.25, -0.2) is 0 Å². The highest BCUT2D eigenvalue weighted by Gasteiger charge is 2.21. The highest BCUT2D eigenvalue weighted by molar-refractivity contribution is 5.55. The van der Waals surface area contributed by atoms with Gasteiger partial charge in [-0.1, -0.05) is 24.6 Å². The number of hydrogen-bond donors (Lipinski definition) is 1. The second-order valence-electron chi connectivity index (χ2n) is 5.57. The Labute approximate surface area is 116 Å². The van der Waals surface area contributed by atoms with E-state index in [0.717, 1.165) is 31.7 Å². The van der Waals surface area contributed by atoms with E-state index in [1.54, 1.807) is 0 Å². The fourth-order valence-corrected chi connectivity index (χ4v) is 2.81. The smallest absolute Gasteiger partial charge is 0.0702 e. The Kier molecular flexibility index (Phi) is 4.83. The molecule has 1 aliphatic heterocycles. The molecule has 3 nitrogen and oxygen atoms in total. The summed E-state index contributed by atoms with van der Waals surface area (Å²) in [5.41, 5.74) is 3.47. The molecule has 1 fully saturated rings. The minimum atomic E-state index is 0.128. The first-order valence-corrected chi connectivity index (χ1v) is 7.35. The quantitative estimate of drug-likeness (QED) is 0.902. The van der Waals surface area contributed by atoms with Gasteiger partial charge < -0.3 is 10.0 Å². The maximum Gasteiger partial charge on any atom is 0.0702 e. The molecule has 0 spiro atoms. The lowest BCUT2D eigenvalue weighted by Gasteiger charge is -2.39. The van der Waals surface area contributed by atoms with Gasteiger partial charge in [0.1, 0.15) is 0 Å². The summed E-state index contributed by atoms with van der Waals surface area (Å²) >= 11 is 0. The highest BCUT2D eigenvalue weighted by atomic mass is 16.3. The lowest BCUT2D eigenvalue weighted by molar-refractivity contribution is 0.192. The molecular weight excluding hydrogens is 236 g/mol. The fraction of sp³-hybridized carbons (Fsp3) is 0.625. The van der Waals surface area contributed by atoms with Crippen LogP contribution in [0.1, 0.15) is 31.4 Å². The van der Waals surface area contributed by atoms with Gasteiger partial charge in [0, 0.05) is 43.5 Å². The van der Waals surface area contributed by atoms with E-state index in [9.17, 15) is 5.11 Å². The summed E-state index contributed by atoms with van der Waals surface area (Å²) in [7, 11) is 0. The van der Waals surface area contributed by atoms with Crippen LogP contribution in [0, 0.1) is 6.92 Å². The van der Waals surface area contributed by atoms with Crippen LogP contribution in [0.2, 0.25) is 0 Å². The summed E-state index contributed by atoms with van der Waals surface area (Å²) in [5.74, 6) is 0. The Morgan fingerprint density at radius 2 is 1.89 bits per heavy atom. The van der Waals surface area contributed by atoms with Crippen molar-refractivity contribution in [3.63, 3.8) is 0 Å². The van der Waals surface area contributed by atoms with E-state index in [4.69, 9.17) is 0 Å². The first kappa shape index (κ1) is 14.4. The first-order valence-electron chi connectivity index (χ1n) is 7.35. The van der Waals surface area contributed by atoms with Crippen LogP contribution in [0.25, 0.3) is 0 Å². The van der Waals surface area contributed by atoms with E-state index >= 15 is 0 Å². The summed E-state index contributed by atoms with van der Waals surface area (Å²) in [5, 5.41) is 9.51. The summed E-state index contributed by atoms with van der Waals surface area (Å²) < 4.78 is 0. The molecule has 1 aliphatic rings. The lowest BCUT2D eigenvalue weighted by atomic mass is 10.1. The third-order valence-corrected chi connectivity index (χ3v) is 4.27. The van der Waals surface area contributed by atoms with Crippen molar-refractivity contribution in [3.8, 4) is 0 Å². The van der Waals surface area contributed by atoms with Gasteiger partial charge in [0.15, 0.2) is 0 Å². The second kappa shape index (κ2) is 6.40. The standard InChI is InChI=1S/C16H26N2O/c1-4-14(3)17-7-9-18(10-8-17)16-6-5-13(2)11-15(16)12-19/h5-6,11,14,19H,4,7-10,12H2,1-3H3. The zero-order chi connectivity index (χ0) is 13.8. The normalized spacial score (nSPS) is 18.6. The zero-order valence-electron chi connectivity index (χ0n) is 12.4. The van der Waals surface area contributed by atoms with Crippen molar-refractivity contribution in [1.82, 2.24) is 4.90 Å². The van der Waals surface area contributed by atoms with Gasteiger partial charge in [-0.3, -0.25) is 4.90 Å². The average Bonchev–Trinajstić information content (AvgIpc) is 2.46. The van der Waals surface area contributed by atoms with Crippen LogP contribution < -0.4 is 4.90 Å². The van der Waals surface area contributed by atoms with Gasteiger partial charge in [-0.2, -0.15) is 0 Å². The van der Waals surface area contributed by atoms with Crippen LogP contribution in [0.3, 0.4) is 0 Å². The summed E-state index contributed by atoms with van der Waals surface area (Å²) in [6, 6.07) is 7.06. The molecule has 1 atom stereocenters. The minimum Gasteiger partial charge on any atom is -0.392 e. The molecule has 2 rings (SSSR count). The molecule has 0 aliphatic carbocycles. The molecule has 0 aromatic heterocycles. The van der Waals surface area contributed by atoms with Crippen molar-refractivity contribution in [2.24, 2.45) is 0 Å². The maximum absolute atomic E-state index is 9.51. The SMILES string of the molecule is CCC(C)N1CCN(c2ccc(C)cc2CO)CC1. The van der Waals surface area contributed by atoms with Crippen molar-refractivity contribution < 1.29 is 5.11 Å². The average molecular weight is 262 g/mol. The number of aliphatic hydroxyl groups is 1. The number of aliphatic hydroxyl groups excluding tert-OH is 1. The van der Waals surface area contributed by atoms with E-state index in [1.165, 1.54) is 17.7 Å². The summed E-state index contributed by atoms with van der Waals surface area (Å²) in [6.45, 7) is 11.1. The van der Waals surface area contributed by atoms with Crippen molar-refractivity contribution in [1.29, 1.82) is 0 Å². The van der Waals surface area contributed by atoms with E-state index in [2.05, 4.69) is 48.8 Å². The molecule has 0 radical (unpaired) electrons. The molecule has 0 bridgehead atoms. The van der Waals surface area contributed by atoms with Crippen LogP contribution in [-0.2, 0) is 6.61 Å². The predicted molar refractivity (Wildman–Crippen MR) is 80.6 cm³/mol. The van der Waals surface area contributed by atoms with E-state index in [0.29, 0.717) is 6.04 Å². The number of hydrogen-bond acceptors (Lipinski definition) is 3. The van der Waals surface area contributed by atoms with Crippen molar-refractivity contribution in [2.45, 2.75) is 39.8 Å². The van der Waals surface area contributed by atoms with Crippen LogP contribution in [0.15, 0.2) is 18.2 Å².